The second kappa shape index (κ2) is 12.0. The number of amides is 3. The number of methoxy groups -OCH3 is 2. The van der Waals surface area contributed by atoms with Gasteiger partial charge in [-0.1, -0.05) is 71.1 Å². The number of aromatic nitrogens is 1. The molecule has 3 amide bonds. The summed E-state index contributed by atoms with van der Waals surface area (Å²) in [5, 5.41) is 5.04. The highest BCUT2D eigenvalue weighted by molar-refractivity contribution is 8.00. The molecule has 7 rings (SSSR count). The molecule has 0 spiro atoms. The van der Waals surface area contributed by atoms with Gasteiger partial charge in [-0.25, -0.2) is 4.90 Å². The molecule has 3 atom stereocenters. The number of carbonyl (C=O) groups is 3. The normalized spacial score (nSPS) is 18.8. The van der Waals surface area contributed by atoms with Gasteiger partial charge in [0.25, 0.3) is 0 Å². The molecule has 1 fully saturated rings. The summed E-state index contributed by atoms with van der Waals surface area (Å²) in [6.45, 7) is -0.260. The van der Waals surface area contributed by atoms with Crippen LogP contribution in [0.1, 0.15) is 16.4 Å². The number of hydrogen-bond acceptors (Lipinski definition) is 8. The molecule has 4 aromatic carbocycles. The highest BCUT2D eigenvalue weighted by atomic mass is 35.5. The van der Waals surface area contributed by atoms with Crippen molar-refractivity contribution in [2.75, 3.05) is 24.4 Å². The van der Waals surface area contributed by atoms with E-state index in [0.29, 0.717) is 43.4 Å². The third-order valence-electron chi connectivity index (χ3n) is 8.24. The average molecular weight is 672 g/mol. The molecular weight excluding hydrogens is 646 g/mol. The molecule has 12 heteroatoms. The van der Waals surface area contributed by atoms with Gasteiger partial charge in [0.05, 0.1) is 30.9 Å². The van der Waals surface area contributed by atoms with Crippen LogP contribution in [0.25, 0.3) is 10.8 Å². The molecule has 46 heavy (non-hydrogen) atoms. The maximum Gasteiger partial charge on any atom is 0.308 e. The van der Waals surface area contributed by atoms with Crippen LogP contribution >= 0.6 is 34.7 Å². The predicted molar refractivity (Wildman–Crippen MR) is 180 cm³/mol. The molecular formula is C34H26ClN3O6S2. The Hall–Kier alpha value is -4.58. The topological polar surface area (TPSA) is 107 Å². The molecule has 1 saturated heterocycles. The van der Waals surface area contributed by atoms with Crippen LogP contribution in [0.2, 0.25) is 5.02 Å². The minimum Gasteiger partial charge on any atom is -0.493 e. The number of thioether (sulfide) groups is 1. The lowest BCUT2D eigenvalue weighted by atomic mass is 9.83. The van der Waals surface area contributed by atoms with E-state index in [1.54, 1.807) is 36.4 Å². The van der Waals surface area contributed by atoms with Crippen LogP contribution in [0.15, 0.2) is 94.7 Å². The number of imide groups is 1. The number of carbonyl (C=O) groups excluding carboxylic acids is 3. The van der Waals surface area contributed by atoms with E-state index in [-0.39, 0.29) is 23.2 Å². The Morgan fingerprint density at radius 1 is 0.870 bits per heavy atom. The second-order valence-electron chi connectivity index (χ2n) is 10.9. The molecule has 5 aromatic rings. The largest absolute Gasteiger partial charge is 0.493 e. The quantitative estimate of drug-likeness (QED) is 0.206. The average Bonchev–Trinajstić information content (AvgIpc) is 3.50. The predicted octanol–water partition coefficient (Wildman–Crippen LogP) is 6.17. The molecule has 0 aliphatic carbocycles. The Balaban J connectivity index is 1.28. The van der Waals surface area contributed by atoms with E-state index in [1.165, 1.54) is 23.7 Å². The van der Waals surface area contributed by atoms with Gasteiger partial charge in [0.1, 0.15) is 11.8 Å². The van der Waals surface area contributed by atoms with Gasteiger partial charge >= 0.3 is 4.87 Å². The number of anilines is 2. The summed E-state index contributed by atoms with van der Waals surface area (Å²) in [6, 6.07) is 25.3. The number of halogens is 1. The second-order valence-corrected chi connectivity index (χ2v) is 13.4. The van der Waals surface area contributed by atoms with Crippen LogP contribution in [-0.4, -0.2) is 41.8 Å². The summed E-state index contributed by atoms with van der Waals surface area (Å²) in [7, 11) is 3.04. The summed E-state index contributed by atoms with van der Waals surface area (Å²) in [6.07, 6.45) is 0. The number of hydrogen-bond donors (Lipinski definition) is 1. The highest BCUT2D eigenvalue weighted by Gasteiger charge is 2.57. The minimum absolute atomic E-state index is 0.260. The van der Waals surface area contributed by atoms with Crippen molar-refractivity contribution in [3.05, 3.63) is 110 Å². The summed E-state index contributed by atoms with van der Waals surface area (Å²) < 4.78 is 12.4. The van der Waals surface area contributed by atoms with Crippen molar-refractivity contribution in [3.63, 3.8) is 0 Å². The van der Waals surface area contributed by atoms with Crippen molar-refractivity contribution in [1.82, 2.24) is 4.57 Å². The van der Waals surface area contributed by atoms with Crippen LogP contribution in [0.4, 0.5) is 11.4 Å². The lowest BCUT2D eigenvalue weighted by molar-refractivity contribution is -0.122. The molecule has 232 valence electrons. The van der Waals surface area contributed by atoms with E-state index in [0.717, 1.165) is 33.9 Å². The minimum atomic E-state index is -0.836. The van der Waals surface area contributed by atoms with E-state index < -0.39 is 23.0 Å². The van der Waals surface area contributed by atoms with Gasteiger partial charge in [-0.2, -0.15) is 0 Å². The number of benzene rings is 4. The fourth-order valence-electron chi connectivity index (χ4n) is 6.12. The van der Waals surface area contributed by atoms with E-state index in [2.05, 4.69) is 5.32 Å². The number of thiazole rings is 1. The highest BCUT2D eigenvalue weighted by Crippen LogP contribution is 2.54. The Labute approximate surface area is 276 Å². The Morgan fingerprint density at radius 2 is 1.61 bits per heavy atom. The van der Waals surface area contributed by atoms with Gasteiger partial charge < -0.3 is 14.8 Å². The zero-order valence-corrected chi connectivity index (χ0v) is 26.9. The Morgan fingerprint density at radius 3 is 2.35 bits per heavy atom. The third kappa shape index (κ3) is 5.14. The summed E-state index contributed by atoms with van der Waals surface area (Å²) in [4.78, 5) is 56.4. The molecule has 3 heterocycles. The summed E-state index contributed by atoms with van der Waals surface area (Å²) in [5.74, 6) is -1.68. The number of fused-ring (bicyclic) bond motifs is 3. The molecule has 0 saturated carbocycles. The summed E-state index contributed by atoms with van der Waals surface area (Å²) in [5.41, 5.74) is 1.70. The van der Waals surface area contributed by atoms with Crippen LogP contribution < -0.4 is 24.6 Å². The number of rotatable bonds is 7. The zero-order valence-electron chi connectivity index (χ0n) is 24.6. The SMILES string of the molecule is COc1ccc([C@@H]2c3sc(=O)n(CC(=O)Nc4ccc5ccccc5c4)c3S[C@H]3C(=O)N(c4ccc(Cl)cc4)C(=O)[C@@H]23)cc1OC. The number of nitrogens with one attached hydrogen (secondary N) is 1. The maximum absolute atomic E-state index is 14.1. The first-order chi connectivity index (χ1) is 22.3. The smallest absolute Gasteiger partial charge is 0.308 e. The van der Waals surface area contributed by atoms with Crippen LogP contribution in [0.5, 0.6) is 11.5 Å². The maximum atomic E-state index is 14.1. The first kappa shape index (κ1) is 30.1. The van der Waals surface area contributed by atoms with Crippen molar-refractivity contribution >= 4 is 74.6 Å². The van der Waals surface area contributed by atoms with E-state index >= 15 is 0 Å². The van der Waals surface area contributed by atoms with E-state index in [1.807, 2.05) is 48.5 Å². The van der Waals surface area contributed by atoms with Crippen molar-refractivity contribution in [2.24, 2.45) is 5.92 Å². The van der Waals surface area contributed by atoms with Gasteiger partial charge in [-0.15, -0.1) is 0 Å². The molecule has 2 aliphatic heterocycles. The molecule has 0 bridgehead atoms. The van der Waals surface area contributed by atoms with Gasteiger partial charge in [-0.05, 0) is 64.9 Å². The number of ether oxygens (including phenoxy) is 2. The van der Waals surface area contributed by atoms with E-state index in [9.17, 15) is 19.2 Å². The van der Waals surface area contributed by atoms with Crippen LogP contribution in [0.3, 0.4) is 0 Å². The number of nitrogens with zero attached hydrogens (tertiary/aromatic N) is 2. The molecule has 0 unspecified atom stereocenters. The molecule has 1 aromatic heterocycles. The van der Waals surface area contributed by atoms with Crippen molar-refractivity contribution in [1.29, 1.82) is 0 Å². The van der Waals surface area contributed by atoms with Crippen LogP contribution in [-0.2, 0) is 20.9 Å². The molecule has 9 nitrogen and oxygen atoms in total. The first-order valence-corrected chi connectivity index (χ1v) is 16.4. The van der Waals surface area contributed by atoms with Gasteiger partial charge in [0, 0.05) is 21.5 Å². The first-order valence-electron chi connectivity index (χ1n) is 14.3. The van der Waals surface area contributed by atoms with Crippen molar-refractivity contribution in [3.8, 4) is 11.5 Å². The fraction of sp³-hybridized carbons (Fsp3) is 0.176. The lowest BCUT2D eigenvalue weighted by Crippen LogP contribution is -2.33. The van der Waals surface area contributed by atoms with Crippen molar-refractivity contribution < 1.29 is 23.9 Å². The van der Waals surface area contributed by atoms with E-state index in [4.69, 9.17) is 21.1 Å². The summed E-state index contributed by atoms with van der Waals surface area (Å²) >= 11 is 8.22. The third-order valence-corrected chi connectivity index (χ3v) is 11.1. The molecule has 2 aliphatic rings. The fourth-order valence-corrected chi connectivity index (χ4v) is 9.02. The lowest BCUT2D eigenvalue weighted by Gasteiger charge is -2.31. The molecule has 0 radical (unpaired) electrons. The Kier molecular flexibility index (Phi) is 7.83. The molecule has 1 N–H and O–H groups in total. The Bertz CT molecular complexity index is 2090. The standard InChI is InChI=1S/C34H26ClN3O6S2/c1-43-24-14-8-20(16-25(24)44-2)27-28-29(32(41)38(31(28)40)23-12-9-21(35)10-13-23)45-33-30(27)46-34(42)37(33)17-26(39)36-22-11-7-18-5-3-4-6-19(18)15-22/h3-16,27-29H,17H2,1-2H3,(H,36,39)/t27-,28-,29+/m0/s1. The van der Waals surface area contributed by atoms with Crippen molar-refractivity contribution in [2.45, 2.75) is 22.7 Å². The van der Waals surface area contributed by atoms with Gasteiger partial charge in [-0.3, -0.25) is 23.7 Å². The van der Waals surface area contributed by atoms with Crippen LogP contribution in [0, 0.1) is 5.92 Å². The monoisotopic (exact) mass is 671 g/mol. The van der Waals surface area contributed by atoms with Gasteiger partial charge in [0.15, 0.2) is 11.5 Å². The van der Waals surface area contributed by atoms with Gasteiger partial charge in [0.2, 0.25) is 17.7 Å². The zero-order chi connectivity index (χ0) is 32.1.